The number of carbonyl (C=O) groups is 2. The Hall–Kier alpha value is -2.70. The fraction of sp³-hybridized carbons (Fsp3) is 0.391. The maximum absolute atomic E-state index is 12.4. The Balaban J connectivity index is 1.48. The minimum absolute atomic E-state index is 0.207. The first kappa shape index (κ1) is 21.0. The molecule has 0 bridgehead atoms. The Kier molecular flexibility index (Phi) is 7.38. The van der Waals surface area contributed by atoms with Crippen molar-refractivity contribution in [3.05, 3.63) is 71.3 Å². The standard InChI is InChI=1S/C23H29N3O3/c1-17-15-26(11-12-29-17)16-20-8-6-7-19(13-20)14-24-22(27)18(2)25-23(28)21-9-4-3-5-10-21/h3-10,13,17-18H,11-12,14-16H2,1-2H3,(H,24,27)(H,25,28). The minimum Gasteiger partial charge on any atom is -0.376 e. The van der Waals surface area contributed by atoms with Crippen LogP contribution < -0.4 is 10.6 Å². The van der Waals surface area contributed by atoms with Gasteiger partial charge >= 0.3 is 0 Å². The van der Waals surface area contributed by atoms with Crippen molar-refractivity contribution in [1.29, 1.82) is 0 Å². The van der Waals surface area contributed by atoms with Crippen LogP contribution in [0.3, 0.4) is 0 Å². The highest BCUT2D eigenvalue weighted by Crippen LogP contribution is 2.12. The van der Waals surface area contributed by atoms with Crippen molar-refractivity contribution in [2.75, 3.05) is 19.7 Å². The SMILES string of the molecule is CC1CN(Cc2cccc(CNC(=O)C(C)NC(=O)c3ccccc3)c2)CCO1. The third kappa shape index (κ3) is 6.41. The van der Waals surface area contributed by atoms with Crippen LogP contribution in [0.15, 0.2) is 54.6 Å². The molecule has 0 aliphatic carbocycles. The second-order valence-electron chi connectivity index (χ2n) is 7.52. The predicted octanol–water partition coefficient (Wildman–Crippen LogP) is 2.34. The van der Waals surface area contributed by atoms with Crippen molar-refractivity contribution >= 4 is 11.8 Å². The van der Waals surface area contributed by atoms with Gasteiger partial charge in [0.2, 0.25) is 5.91 Å². The molecule has 0 aromatic heterocycles. The van der Waals surface area contributed by atoms with Gasteiger partial charge in [-0.3, -0.25) is 14.5 Å². The van der Waals surface area contributed by atoms with E-state index in [9.17, 15) is 9.59 Å². The summed E-state index contributed by atoms with van der Waals surface area (Å²) in [6.07, 6.45) is 0.263. The lowest BCUT2D eigenvalue weighted by molar-refractivity contribution is -0.122. The number of nitrogens with zero attached hydrogens (tertiary/aromatic N) is 1. The second-order valence-corrected chi connectivity index (χ2v) is 7.52. The van der Waals surface area contributed by atoms with E-state index in [1.807, 2.05) is 18.2 Å². The Bertz CT molecular complexity index is 825. The molecule has 29 heavy (non-hydrogen) atoms. The molecule has 6 nitrogen and oxygen atoms in total. The lowest BCUT2D eigenvalue weighted by Crippen LogP contribution is -2.44. The van der Waals surface area contributed by atoms with Crippen LogP contribution in [0.5, 0.6) is 0 Å². The number of carbonyl (C=O) groups excluding carboxylic acids is 2. The number of rotatable bonds is 7. The first-order valence-electron chi connectivity index (χ1n) is 10.1. The molecule has 6 heteroatoms. The number of nitrogens with one attached hydrogen (secondary N) is 2. The molecule has 2 aromatic carbocycles. The van der Waals surface area contributed by atoms with Crippen LogP contribution in [-0.2, 0) is 22.6 Å². The molecule has 0 spiro atoms. The number of hydrogen-bond donors (Lipinski definition) is 2. The zero-order chi connectivity index (χ0) is 20.6. The molecule has 3 rings (SSSR count). The van der Waals surface area contributed by atoms with Crippen LogP contribution in [0.25, 0.3) is 0 Å². The van der Waals surface area contributed by atoms with Gasteiger partial charge < -0.3 is 15.4 Å². The minimum atomic E-state index is -0.610. The topological polar surface area (TPSA) is 70.7 Å². The number of morpholine rings is 1. The summed E-state index contributed by atoms with van der Waals surface area (Å²) in [6.45, 7) is 7.71. The third-order valence-corrected chi connectivity index (χ3v) is 4.97. The molecule has 1 aliphatic rings. The summed E-state index contributed by atoms with van der Waals surface area (Å²) in [5.41, 5.74) is 2.80. The van der Waals surface area contributed by atoms with Crippen LogP contribution in [0.1, 0.15) is 35.3 Å². The van der Waals surface area contributed by atoms with Gasteiger partial charge in [-0.25, -0.2) is 0 Å². The summed E-state index contributed by atoms with van der Waals surface area (Å²) >= 11 is 0. The molecule has 1 heterocycles. The molecule has 0 saturated carbocycles. The van der Waals surface area contributed by atoms with E-state index in [0.717, 1.165) is 31.8 Å². The normalized spacial score (nSPS) is 18.1. The fourth-order valence-electron chi connectivity index (χ4n) is 3.41. The summed E-state index contributed by atoms with van der Waals surface area (Å²) in [7, 11) is 0. The van der Waals surface area contributed by atoms with E-state index < -0.39 is 6.04 Å². The van der Waals surface area contributed by atoms with Crippen LogP contribution in [0, 0.1) is 0 Å². The van der Waals surface area contributed by atoms with Crippen molar-refractivity contribution < 1.29 is 14.3 Å². The van der Waals surface area contributed by atoms with E-state index in [0.29, 0.717) is 12.1 Å². The highest BCUT2D eigenvalue weighted by atomic mass is 16.5. The van der Waals surface area contributed by atoms with E-state index in [1.165, 1.54) is 5.56 Å². The average Bonchev–Trinajstić information content (AvgIpc) is 2.73. The Morgan fingerprint density at radius 1 is 1.14 bits per heavy atom. The van der Waals surface area contributed by atoms with Gasteiger partial charge in [0.15, 0.2) is 0 Å². The molecule has 2 aromatic rings. The van der Waals surface area contributed by atoms with Crippen LogP contribution in [0.2, 0.25) is 0 Å². The average molecular weight is 396 g/mol. The molecule has 1 saturated heterocycles. The van der Waals surface area contributed by atoms with Gasteiger partial charge in [-0.15, -0.1) is 0 Å². The van der Waals surface area contributed by atoms with Gasteiger partial charge in [0.25, 0.3) is 5.91 Å². The first-order valence-corrected chi connectivity index (χ1v) is 10.1. The molecule has 1 fully saturated rings. The molecule has 2 amide bonds. The van der Waals surface area contributed by atoms with Gasteiger partial charge in [0.05, 0.1) is 12.7 Å². The number of benzene rings is 2. The monoisotopic (exact) mass is 395 g/mol. The molecule has 1 aliphatic heterocycles. The summed E-state index contributed by atoms with van der Waals surface area (Å²) in [5, 5.41) is 5.64. The smallest absolute Gasteiger partial charge is 0.251 e. The molecule has 154 valence electrons. The molecular weight excluding hydrogens is 366 g/mol. The van der Waals surface area contributed by atoms with E-state index in [2.05, 4.69) is 34.6 Å². The number of ether oxygens (including phenoxy) is 1. The molecule has 0 radical (unpaired) electrons. The number of amides is 2. The molecule has 2 unspecified atom stereocenters. The first-order chi connectivity index (χ1) is 14.0. The predicted molar refractivity (Wildman–Crippen MR) is 112 cm³/mol. The summed E-state index contributed by atoms with van der Waals surface area (Å²) in [5.74, 6) is -0.461. The summed E-state index contributed by atoms with van der Waals surface area (Å²) in [4.78, 5) is 26.9. The lowest BCUT2D eigenvalue weighted by Gasteiger charge is -2.31. The zero-order valence-electron chi connectivity index (χ0n) is 17.1. The van der Waals surface area contributed by atoms with Crippen molar-refractivity contribution in [2.45, 2.75) is 39.1 Å². The van der Waals surface area contributed by atoms with Crippen LogP contribution in [-0.4, -0.2) is 48.6 Å². The molecular formula is C23H29N3O3. The zero-order valence-corrected chi connectivity index (χ0v) is 17.1. The van der Waals surface area contributed by atoms with Crippen LogP contribution >= 0.6 is 0 Å². The Morgan fingerprint density at radius 2 is 1.90 bits per heavy atom. The van der Waals surface area contributed by atoms with E-state index in [-0.39, 0.29) is 17.9 Å². The largest absolute Gasteiger partial charge is 0.376 e. The quantitative estimate of drug-likeness (QED) is 0.755. The maximum Gasteiger partial charge on any atom is 0.251 e. The van der Waals surface area contributed by atoms with Crippen LogP contribution in [0.4, 0.5) is 0 Å². The van der Waals surface area contributed by atoms with E-state index >= 15 is 0 Å². The van der Waals surface area contributed by atoms with Gasteiger partial charge in [0, 0.05) is 31.7 Å². The van der Waals surface area contributed by atoms with Gasteiger partial charge in [0.1, 0.15) is 6.04 Å². The molecule has 2 N–H and O–H groups in total. The Labute approximate surface area is 172 Å². The second kappa shape index (κ2) is 10.2. The van der Waals surface area contributed by atoms with Gasteiger partial charge in [-0.2, -0.15) is 0 Å². The molecule has 2 atom stereocenters. The summed E-state index contributed by atoms with van der Waals surface area (Å²) in [6, 6.07) is 16.5. The van der Waals surface area contributed by atoms with E-state index in [1.54, 1.807) is 31.2 Å². The van der Waals surface area contributed by atoms with Gasteiger partial charge in [-0.05, 0) is 37.1 Å². The highest BCUT2D eigenvalue weighted by molar-refractivity contribution is 5.97. The maximum atomic E-state index is 12.4. The van der Waals surface area contributed by atoms with E-state index in [4.69, 9.17) is 4.74 Å². The van der Waals surface area contributed by atoms with Crippen molar-refractivity contribution in [3.8, 4) is 0 Å². The van der Waals surface area contributed by atoms with Gasteiger partial charge in [-0.1, -0.05) is 42.5 Å². The third-order valence-electron chi connectivity index (χ3n) is 4.97. The van der Waals surface area contributed by atoms with Crippen molar-refractivity contribution in [3.63, 3.8) is 0 Å². The van der Waals surface area contributed by atoms with Crippen molar-refractivity contribution in [2.24, 2.45) is 0 Å². The lowest BCUT2D eigenvalue weighted by atomic mass is 10.1. The highest BCUT2D eigenvalue weighted by Gasteiger charge is 2.18. The van der Waals surface area contributed by atoms with Crippen molar-refractivity contribution in [1.82, 2.24) is 15.5 Å². The number of hydrogen-bond acceptors (Lipinski definition) is 4. The fourth-order valence-corrected chi connectivity index (χ4v) is 3.41. The Morgan fingerprint density at radius 3 is 2.66 bits per heavy atom. The summed E-state index contributed by atoms with van der Waals surface area (Å²) < 4.78 is 5.59.